The van der Waals surface area contributed by atoms with Crippen LogP contribution in [-0.4, -0.2) is 11.1 Å². The number of hydrogen-bond donors (Lipinski definition) is 1. The number of nitrogens with zero attached hydrogens (tertiary/aromatic N) is 1. The number of carbonyl (C=O) groups is 1. The molecule has 0 unspecified atom stereocenters. The molecule has 0 aliphatic heterocycles. The van der Waals surface area contributed by atoms with Gasteiger partial charge in [-0.05, 0) is 72.4 Å². The molecular formula is C22H22FNO2. The maximum absolute atomic E-state index is 14.1. The molecule has 0 bridgehead atoms. The van der Waals surface area contributed by atoms with Crippen molar-refractivity contribution in [3.05, 3.63) is 58.9 Å². The zero-order valence-electron chi connectivity index (χ0n) is 14.8. The molecule has 0 spiro atoms. The van der Waals surface area contributed by atoms with Crippen LogP contribution in [0.15, 0.2) is 36.4 Å². The molecule has 0 amide bonds. The molecule has 0 aromatic heterocycles. The van der Waals surface area contributed by atoms with Gasteiger partial charge in [-0.3, -0.25) is 0 Å². The van der Waals surface area contributed by atoms with Gasteiger partial charge in [-0.25, -0.2) is 9.18 Å². The lowest BCUT2D eigenvalue weighted by Crippen LogP contribution is -2.16. The number of hydrogen-bond acceptors (Lipinski definition) is 2. The summed E-state index contributed by atoms with van der Waals surface area (Å²) in [5.41, 5.74) is 2.48. The van der Waals surface area contributed by atoms with Crippen LogP contribution in [0.5, 0.6) is 0 Å². The zero-order valence-corrected chi connectivity index (χ0v) is 14.8. The molecule has 4 heteroatoms. The van der Waals surface area contributed by atoms with E-state index in [4.69, 9.17) is 5.26 Å². The highest BCUT2D eigenvalue weighted by atomic mass is 19.1. The minimum absolute atomic E-state index is 0.00635. The molecular weight excluding hydrogens is 329 g/mol. The predicted octanol–water partition coefficient (Wildman–Crippen LogP) is 5.75. The minimum atomic E-state index is -0.950. The number of rotatable bonds is 4. The third kappa shape index (κ3) is 3.48. The monoisotopic (exact) mass is 351 g/mol. The second-order valence-electron chi connectivity index (χ2n) is 7.00. The summed E-state index contributed by atoms with van der Waals surface area (Å²) < 4.78 is 14.1. The summed E-state index contributed by atoms with van der Waals surface area (Å²) in [6.45, 7) is 2.20. The topological polar surface area (TPSA) is 61.1 Å². The van der Waals surface area contributed by atoms with Gasteiger partial charge in [0.05, 0.1) is 11.1 Å². The van der Waals surface area contributed by atoms with Crippen LogP contribution in [0, 0.1) is 23.1 Å². The molecule has 2 aromatic carbocycles. The Bertz CT molecular complexity index is 861. The van der Waals surface area contributed by atoms with Crippen molar-refractivity contribution in [1.82, 2.24) is 0 Å². The first kappa shape index (κ1) is 18.1. The van der Waals surface area contributed by atoms with Crippen molar-refractivity contribution >= 4 is 5.97 Å². The molecule has 0 saturated heterocycles. The van der Waals surface area contributed by atoms with E-state index in [0.717, 1.165) is 43.2 Å². The summed E-state index contributed by atoms with van der Waals surface area (Å²) in [5, 5.41) is 18.6. The average Bonchev–Trinajstić information content (AvgIpc) is 2.67. The first-order valence-corrected chi connectivity index (χ1v) is 9.11. The number of nitriles is 1. The van der Waals surface area contributed by atoms with Crippen molar-refractivity contribution < 1.29 is 14.3 Å². The summed E-state index contributed by atoms with van der Waals surface area (Å²) >= 11 is 0. The van der Waals surface area contributed by atoms with E-state index in [2.05, 4.69) is 6.92 Å². The Morgan fingerprint density at radius 3 is 2.54 bits per heavy atom. The fraction of sp³-hybridized carbons (Fsp3) is 0.364. The fourth-order valence-corrected chi connectivity index (χ4v) is 4.08. The van der Waals surface area contributed by atoms with E-state index >= 15 is 0 Å². The molecule has 0 heterocycles. The Morgan fingerprint density at radius 1 is 1.23 bits per heavy atom. The van der Waals surface area contributed by atoms with Gasteiger partial charge in [-0.1, -0.05) is 31.5 Å². The van der Waals surface area contributed by atoms with E-state index < -0.39 is 11.8 Å². The number of benzene rings is 2. The highest BCUT2D eigenvalue weighted by Crippen LogP contribution is 2.42. The van der Waals surface area contributed by atoms with Crippen molar-refractivity contribution in [3.8, 4) is 17.2 Å². The summed E-state index contributed by atoms with van der Waals surface area (Å²) in [6.07, 6.45) is 5.25. The second kappa shape index (κ2) is 7.70. The Morgan fingerprint density at radius 2 is 1.96 bits per heavy atom. The molecule has 26 heavy (non-hydrogen) atoms. The van der Waals surface area contributed by atoms with Crippen molar-refractivity contribution in [3.63, 3.8) is 0 Å². The maximum atomic E-state index is 14.1. The summed E-state index contributed by atoms with van der Waals surface area (Å²) in [4.78, 5) is 11.8. The quantitative estimate of drug-likeness (QED) is 0.763. The van der Waals surface area contributed by atoms with Gasteiger partial charge in [-0.2, -0.15) is 5.26 Å². The Labute approximate surface area is 153 Å². The molecule has 1 saturated carbocycles. The van der Waals surface area contributed by atoms with Gasteiger partial charge in [-0.15, -0.1) is 0 Å². The largest absolute Gasteiger partial charge is 0.478 e. The van der Waals surface area contributed by atoms with Crippen LogP contribution in [0.25, 0.3) is 11.1 Å². The molecule has 0 atom stereocenters. The predicted molar refractivity (Wildman–Crippen MR) is 98.5 cm³/mol. The van der Waals surface area contributed by atoms with Crippen LogP contribution in [0.2, 0.25) is 0 Å². The van der Waals surface area contributed by atoms with E-state index in [1.807, 2.05) is 12.1 Å². The summed E-state index contributed by atoms with van der Waals surface area (Å²) in [5.74, 6) is -0.655. The van der Waals surface area contributed by atoms with Crippen LogP contribution in [0.3, 0.4) is 0 Å². The smallest absolute Gasteiger partial charge is 0.335 e. The van der Waals surface area contributed by atoms with Crippen LogP contribution < -0.4 is 0 Å². The van der Waals surface area contributed by atoms with Gasteiger partial charge in [0.1, 0.15) is 11.9 Å². The lowest BCUT2D eigenvalue weighted by Gasteiger charge is -2.30. The van der Waals surface area contributed by atoms with E-state index in [0.29, 0.717) is 17.0 Å². The van der Waals surface area contributed by atoms with Gasteiger partial charge in [0.25, 0.3) is 0 Å². The van der Waals surface area contributed by atoms with Crippen molar-refractivity contribution in [2.24, 2.45) is 5.92 Å². The van der Waals surface area contributed by atoms with Crippen LogP contribution >= 0.6 is 0 Å². The van der Waals surface area contributed by atoms with Gasteiger partial charge in [0, 0.05) is 0 Å². The van der Waals surface area contributed by atoms with E-state index in [1.54, 1.807) is 18.2 Å². The van der Waals surface area contributed by atoms with Crippen LogP contribution in [0.1, 0.15) is 66.4 Å². The zero-order chi connectivity index (χ0) is 18.7. The van der Waals surface area contributed by atoms with Crippen molar-refractivity contribution in [2.75, 3.05) is 0 Å². The van der Waals surface area contributed by atoms with E-state index in [9.17, 15) is 14.3 Å². The number of carboxylic acids is 1. The van der Waals surface area contributed by atoms with Crippen LogP contribution in [0.4, 0.5) is 4.39 Å². The second-order valence-corrected chi connectivity index (χ2v) is 7.00. The molecule has 1 aliphatic carbocycles. The first-order valence-electron chi connectivity index (χ1n) is 9.11. The molecule has 3 rings (SSSR count). The number of halogens is 1. The molecule has 1 aliphatic rings. The van der Waals surface area contributed by atoms with Crippen LogP contribution in [-0.2, 0) is 0 Å². The SMILES string of the molecule is CC[C@H]1CC[C@H](c2c(C(=O)O)cccc2-c2ccc(C#N)c(F)c2)CC1. The molecule has 1 fully saturated rings. The van der Waals surface area contributed by atoms with E-state index in [1.165, 1.54) is 12.1 Å². The highest BCUT2D eigenvalue weighted by Gasteiger charge is 2.27. The van der Waals surface area contributed by atoms with Crippen molar-refractivity contribution in [1.29, 1.82) is 5.26 Å². The molecule has 134 valence electrons. The van der Waals surface area contributed by atoms with Gasteiger partial charge in [0.2, 0.25) is 0 Å². The van der Waals surface area contributed by atoms with E-state index in [-0.39, 0.29) is 11.5 Å². The maximum Gasteiger partial charge on any atom is 0.335 e. The molecule has 1 N–H and O–H groups in total. The number of carboxylic acid groups (broad SMARTS) is 1. The molecule has 2 aromatic rings. The summed E-state index contributed by atoms with van der Waals surface area (Å²) in [7, 11) is 0. The third-order valence-electron chi connectivity index (χ3n) is 5.57. The summed E-state index contributed by atoms with van der Waals surface area (Å²) in [6, 6.07) is 11.5. The lowest BCUT2D eigenvalue weighted by molar-refractivity contribution is 0.0694. The van der Waals surface area contributed by atoms with Gasteiger partial charge >= 0.3 is 5.97 Å². The fourth-order valence-electron chi connectivity index (χ4n) is 4.08. The molecule has 0 radical (unpaired) electrons. The lowest BCUT2D eigenvalue weighted by atomic mass is 9.74. The Balaban J connectivity index is 2.09. The van der Waals surface area contributed by atoms with Gasteiger partial charge < -0.3 is 5.11 Å². The third-order valence-corrected chi connectivity index (χ3v) is 5.57. The minimum Gasteiger partial charge on any atom is -0.478 e. The first-order chi connectivity index (χ1) is 12.5. The van der Waals surface area contributed by atoms with Gasteiger partial charge in [0.15, 0.2) is 0 Å². The highest BCUT2D eigenvalue weighted by molar-refractivity contribution is 5.92. The Kier molecular flexibility index (Phi) is 5.37. The average molecular weight is 351 g/mol. The Hall–Kier alpha value is -2.67. The normalized spacial score (nSPS) is 19.7. The standard InChI is InChI=1S/C22H22FNO2/c1-2-14-6-8-15(9-7-14)21-18(4-3-5-19(21)22(25)26)16-10-11-17(13-24)20(23)12-16/h3-5,10-12,14-15H,2,6-9H2,1H3,(H,25,26)/t14-,15-. The number of aromatic carboxylic acids is 1. The molecule has 3 nitrogen and oxygen atoms in total. The van der Waals surface area contributed by atoms with Crippen molar-refractivity contribution in [2.45, 2.75) is 44.9 Å².